The minimum Gasteiger partial charge on any atom is -0.369 e. The fourth-order valence-corrected chi connectivity index (χ4v) is 9.86. The van der Waals surface area contributed by atoms with E-state index in [1.54, 1.807) is 5.57 Å². The molecule has 31 heavy (non-hydrogen) atoms. The molecule has 0 amide bonds. The van der Waals surface area contributed by atoms with Crippen LogP contribution in [-0.2, 0) is 9.53 Å². The van der Waals surface area contributed by atoms with Gasteiger partial charge in [0.1, 0.15) is 5.78 Å². The molecule has 3 saturated carbocycles. The normalized spacial score (nSPS) is 52.5. The zero-order valence-electron chi connectivity index (χ0n) is 20.3. The van der Waals surface area contributed by atoms with Crippen molar-refractivity contribution in [1.82, 2.24) is 4.90 Å². The van der Waals surface area contributed by atoms with Crippen LogP contribution in [0.3, 0.4) is 0 Å². The Hall–Kier alpha value is -0.670. The largest absolute Gasteiger partial charge is 0.369 e. The van der Waals surface area contributed by atoms with Crippen molar-refractivity contribution in [3.05, 3.63) is 11.1 Å². The molecule has 172 valence electrons. The van der Waals surface area contributed by atoms with E-state index < -0.39 is 0 Å². The molecule has 6 aliphatic rings. The van der Waals surface area contributed by atoms with E-state index in [-0.39, 0.29) is 5.60 Å². The summed E-state index contributed by atoms with van der Waals surface area (Å²) in [6.45, 7) is 8.75. The molecular weight excluding hydrogens is 382 g/mol. The number of ether oxygens (including phenoxy) is 1. The monoisotopic (exact) mass is 425 g/mol. The van der Waals surface area contributed by atoms with Crippen molar-refractivity contribution in [3.63, 3.8) is 0 Å². The summed E-state index contributed by atoms with van der Waals surface area (Å²) in [6, 6.07) is 0.617. The second-order valence-electron chi connectivity index (χ2n) is 12.7. The van der Waals surface area contributed by atoms with E-state index in [0.29, 0.717) is 35.2 Å². The minimum atomic E-state index is 0.0726. The van der Waals surface area contributed by atoms with E-state index in [9.17, 15) is 4.79 Å². The summed E-state index contributed by atoms with van der Waals surface area (Å²) in [5, 5.41) is 0. The Morgan fingerprint density at radius 1 is 1.10 bits per heavy atom. The van der Waals surface area contributed by atoms with Crippen LogP contribution in [0.15, 0.2) is 11.1 Å². The van der Waals surface area contributed by atoms with Crippen LogP contribution in [0, 0.1) is 35.0 Å². The van der Waals surface area contributed by atoms with Gasteiger partial charge in [0.2, 0.25) is 0 Å². The van der Waals surface area contributed by atoms with Crippen LogP contribution in [0.25, 0.3) is 0 Å². The van der Waals surface area contributed by atoms with Crippen LogP contribution in [0.5, 0.6) is 0 Å². The maximum Gasteiger partial charge on any atom is 0.133 e. The van der Waals surface area contributed by atoms with Gasteiger partial charge in [-0.3, -0.25) is 4.79 Å². The van der Waals surface area contributed by atoms with Gasteiger partial charge in [-0.15, -0.1) is 0 Å². The van der Waals surface area contributed by atoms with Gasteiger partial charge in [-0.2, -0.15) is 0 Å². The number of hydrogen-bond acceptors (Lipinski definition) is 3. The third-order valence-electron chi connectivity index (χ3n) is 11.6. The number of carbonyl (C=O) groups excluding carboxylic acids is 1. The van der Waals surface area contributed by atoms with Crippen molar-refractivity contribution in [3.8, 4) is 0 Å². The van der Waals surface area contributed by atoms with E-state index in [1.807, 2.05) is 5.57 Å². The maximum atomic E-state index is 12.2. The zero-order chi connectivity index (χ0) is 21.5. The molecule has 3 nitrogen and oxygen atoms in total. The van der Waals surface area contributed by atoms with Gasteiger partial charge in [0.05, 0.1) is 11.7 Å². The van der Waals surface area contributed by atoms with Crippen molar-refractivity contribution in [2.45, 2.75) is 109 Å². The number of Topliss-reactive ketones (excluding diaryl/α,β-unsaturated/α-hetero) is 1. The summed E-state index contributed by atoms with van der Waals surface area (Å²) in [5.74, 6) is 4.28. The molecule has 9 atom stereocenters. The quantitative estimate of drug-likeness (QED) is 0.461. The molecule has 0 unspecified atom stereocenters. The van der Waals surface area contributed by atoms with Crippen molar-refractivity contribution in [1.29, 1.82) is 0 Å². The van der Waals surface area contributed by atoms with Gasteiger partial charge < -0.3 is 9.64 Å². The van der Waals surface area contributed by atoms with Crippen LogP contribution in [0.1, 0.15) is 91.4 Å². The summed E-state index contributed by atoms with van der Waals surface area (Å²) in [7, 11) is 2.32. The van der Waals surface area contributed by atoms with Crippen molar-refractivity contribution in [2.24, 2.45) is 35.0 Å². The van der Waals surface area contributed by atoms with Gasteiger partial charge in [-0.25, -0.2) is 0 Å². The Labute approximate surface area is 189 Å². The smallest absolute Gasteiger partial charge is 0.133 e. The summed E-state index contributed by atoms with van der Waals surface area (Å²) >= 11 is 0. The minimum absolute atomic E-state index is 0.0726. The number of hydrogen-bond donors (Lipinski definition) is 0. The molecule has 3 heteroatoms. The lowest BCUT2D eigenvalue weighted by Gasteiger charge is -2.52. The first-order chi connectivity index (χ1) is 14.8. The van der Waals surface area contributed by atoms with Crippen molar-refractivity contribution >= 4 is 5.78 Å². The number of allylic oxidation sites excluding steroid dienone is 1. The Bertz CT molecular complexity index is 803. The zero-order valence-corrected chi connectivity index (χ0v) is 20.3. The standard InChI is InChI=1S/C28H43NO2/c1-17-16-28(18(2)26-25(31-28)6-5-13-29(26)4)12-10-21-22-8-7-19-14-20(30)9-11-27(19,3)24(22)15-23(17)21/h18-19,21-22,24-26H,5-16H2,1-4H3/t18-,19-,21+,22+,24+,25-,26+,27+,28+/m1/s1. The van der Waals surface area contributed by atoms with Crippen LogP contribution in [-0.4, -0.2) is 42.0 Å². The fourth-order valence-electron chi connectivity index (χ4n) is 9.86. The molecule has 2 aliphatic heterocycles. The molecule has 2 saturated heterocycles. The first kappa shape index (κ1) is 20.9. The number of ketones is 1. The molecule has 0 radical (unpaired) electrons. The molecule has 0 bridgehead atoms. The van der Waals surface area contributed by atoms with E-state index in [4.69, 9.17) is 4.74 Å². The number of carbonyl (C=O) groups is 1. The Morgan fingerprint density at radius 2 is 1.94 bits per heavy atom. The molecule has 4 aliphatic carbocycles. The lowest BCUT2D eigenvalue weighted by Crippen LogP contribution is -2.47. The summed E-state index contributed by atoms with van der Waals surface area (Å²) in [6.07, 6.45) is 13.6. The number of piperidine rings is 1. The third-order valence-corrected chi connectivity index (χ3v) is 11.6. The molecular formula is C28H43NO2. The molecule has 6 rings (SSSR count). The molecule has 0 N–H and O–H groups in total. The highest BCUT2D eigenvalue weighted by Crippen LogP contribution is 2.65. The number of rotatable bonds is 0. The summed E-state index contributed by atoms with van der Waals surface area (Å²) in [5.41, 5.74) is 3.98. The molecule has 0 aromatic heterocycles. The fraction of sp³-hybridized carbons (Fsp3) is 0.893. The van der Waals surface area contributed by atoms with Gasteiger partial charge in [0.15, 0.2) is 0 Å². The molecule has 5 fully saturated rings. The summed E-state index contributed by atoms with van der Waals surface area (Å²) in [4.78, 5) is 14.8. The van der Waals surface area contributed by atoms with Gasteiger partial charge in [0.25, 0.3) is 0 Å². The van der Waals surface area contributed by atoms with Crippen molar-refractivity contribution in [2.75, 3.05) is 13.6 Å². The predicted molar refractivity (Wildman–Crippen MR) is 124 cm³/mol. The predicted octanol–water partition coefficient (Wildman–Crippen LogP) is 5.78. The van der Waals surface area contributed by atoms with Gasteiger partial charge in [0, 0.05) is 24.8 Å². The Kier molecular flexibility index (Phi) is 4.83. The number of likely N-dealkylation sites (tertiary alicyclic amines) is 1. The van der Waals surface area contributed by atoms with Crippen LogP contribution in [0.2, 0.25) is 0 Å². The second-order valence-corrected chi connectivity index (χ2v) is 12.7. The third kappa shape index (κ3) is 2.94. The highest BCUT2D eigenvalue weighted by molar-refractivity contribution is 5.79. The van der Waals surface area contributed by atoms with Crippen LogP contribution < -0.4 is 0 Å². The van der Waals surface area contributed by atoms with E-state index in [2.05, 4.69) is 32.7 Å². The topological polar surface area (TPSA) is 29.5 Å². The van der Waals surface area contributed by atoms with E-state index >= 15 is 0 Å². The first-order valence-electron chi connectivity index (χ1n) is 13.4. The highest BCUT2D eigenvalue weighted by atomic mass is 16.5. The van der Waals surface area contributed by atoms with Gasteiger partial charge in [-0.1, -0.05) is 25.0 Å². The first-order valence-corrected chi connectivity index (χ1v) is 13.4. The molecule has 2 heterocycles. The van der Waals surface area contributed by atoms with Crippen LogP contribution in [0.4, 0.5) is 0 Å². The second kappa shape index (κ2) is 7.16. The molecule has 1 spiro atoms. The Balaban J connectivity index is 1.29. The van der Waals surface area contributed by atoms with Gasteiger partial charge in [-0.05, 0) is 107 Å². The van der Waals surface area contributed by atoms with Gasteiger partial charge >= 0.3 is 0 Å². The SMILES string of the molecule is CC1=C2C[C@H]3[C@@H](CC[C@@H]4CC(=O)CC[C@@]43C)[C@@H]2CC[C@@]2(C1)O[C@@H]1CCCN(C)[C@H]1[C@H]2C. The number of fused-ring (bicyclic) bond motifs is 6. The Morgan fingerprint density at radius 3 is 2.74 bits per heavy atom. The van der Waals surface area contributed by atoms with Crippen LogP contribution >= 0.6 is 0 Å². The maximum absolute atomic E-state index is 12.2. The average Bonchev–Trinajstić information content (AvgIpc) is 3.20. The van der Waals surface area contributed by atoms with Crippen molar-refractivity contribution < 1.29 is 9.53 Å². The number of nitrogens with zero attached hydrogens (tertiary/aromatic N) is 1. The average molecular weight is 426 g/mol. The highest BCUT2D eigenvalue weighted by Gasteiger charge is 2.59. The lowest BCUT2D eigenvalue weighted by atomic mass is 9.52. The van der Waals surface area contributed by atoms with E-state index in [1.165, 1.54) is 57.9 Å². The molecule has 0 aromatic rings. The van der Waals surface area contributed by atoms with E-state index in [0.717, 1.165) is 37.0 Å². The molecule has 0 aromatic carbocycles. The summed E-state index contributed by atoms with van der Waals surface area (Å²) < 4.78 is 7.03. The number of likely N-dealkylation sites (N-methyl/N-ethyl adjacent to an activating group) is 1. The lowest BCUT2D eigenvalue weighted by molar-refractivity contribution is -0.129.